The Kier molecular flexibility index (Phi) is 3.90. The van der Waals surface area contributed by atoms with Crippen LogP contribution < -0.4 is 11.2 Å². The normalized spacial score (nSPS) is 10.8. The minimum absolute atomic E-state index is 0.0530. The highest BCUT2D eigenvalue weighted by Crippen LogP contribution is 2.01. The highest BCUT2D eigenvalue weighted by molar-refractivity contribution is 5.44. The maximum atomic E-state index is 11.7. The van der Waals surface area contributed by atoms with E-state index >= 15 is 0 Å². The third-order valence-corrected chi connectivity index (χ3v) is 2.61. The highest BCUT2D eigenvalue weighted by Gasteiger charge is 2.04. The molecule has 2 rings (SSSR count). The monoisotopic (exact) mass is 273 g/mol. The van der Waals surface area contributed by atoms with Gasteiger partial charge in [-0.3, -0.25) is 24.5 Å². The second-order valence-electron chi connectivity index (χ2n) is 4.06. The molecule has 0 saturated heterocycles. The summed E-state index contributed by atoms with van der Waals surface area (Å²) in [5.41, 5.74) is -0.280. The van der Waals surface area contributed by atoms with Crippen molar-refractivity contribution in [3.63, 3.8) is 0 Å². The number of hydrogen-bond donors (Lipinski definition) is 1. The summed E-state index contributed by atoms with van der Waals surface area (Å²) in [6, 6.07) is 9.19. The summed E-state index contributed by atoms with van der Waals surface area (Å²) < 4.78 is 1.29. The predicted octanol–water partition coefficient (Wildman–Crippen LogP) is 0.832. The second-order valence-corrected chi connectivity index (χ2v) is 4.06. The first-order chi connectivity index (χ1) is 9.56. The van der Waals surface area contributed by atoms with Crippen LogP contribution in [0.1, 0.15) is 11.1 Å². The molecule has 1 aromatic carbocycles. The predicted molar refractivity (Wildman–Crippen MR) is 72.9 cm³/mol. The molecule has 7 nitrogen and oxygen atoms in total. The number of aromatic nitrogens is 2. The summed E-state index contributed by atoms with van der Waals surface area (Å²) >= 11 is 0. The van der Waals surface area contributed by atoms with Gasteiger partial charge in [-0.2, -0.15) is 0 Å². The van der Waals surface area contributed by atoms with Gasteiger partial charge in [-0.05, 0) is 5.56 Å². The number of aromatic amines is 1. The van der Waals surface area contributed by atoms with Crippen molar-refractivity contribution in [2.75, 3.05) is 0 Å². The summed E-state index contributed by atoms with van der Waals surface area (Å²) in [5.74, 6) is 0. The number of hydrogen-bond acceptors (Lipinski definition) is 4. The Bertz CT molecular complexity index is 759. The SMILES string of the molecule is O=c1[nH]c(=O)n(Cc2ccccc2)cc1/C=C/[N+](=O)[O-]. The van der Waals surface area contributed by atoms with Crippen LogP contribution in [0.5, 0.6) is 0 Å². The van der Waals surface area contributed by atoms with Crippen molar-refractivity contribution < 1.29 is 4.92 Å². The Morgan fingerprint density at radius 2 is 1.95 bits per heavy atom. The maximum absolute atomic E-state index is 11.7. The molecule has 0 bridgehead atoms. The Morgan fingerprint density at radius 1 is 1.25 bits per heavy atom. The standard InChI is InChI=1S/C13H11N3O4/c17-12-11(6-7-16(19)20)9-15(13(18)14-12)8-10-4-2-1-3-5-10/h1-7,9H,8H2,(H,14,17,18)/b7-6+. The molecular formula is C13H11N3O4. The molecular weight excluding hydrogens is 262 g/mol. The lowest BCUT2D eigenvalue weighted by Gasteiger charge is -2.05. The summed E-state index contributed by atoms with van der Waals surface area (Å²) in [4.78, 5) is 34.9. The fourth-order valence-corrected chi connectivity index (χ4v) is 1.68. The van der Waals surface area contributed by atoms with Crippen molar-refractivity contribution in [1.29, 1.82) is 0 Å². The van der Waals surface area contributed by atoms with Crippen LogP contribution in [0, 0.1) is 10.1 Å². The molecule has 0 aliphatic carbocycles. The van der Waals surface area contributed by atoms with Crippen LogP contribution in [0.25, 0.3) is 6.08 Å². The smallest absolute Gasteiger partial charge is 0.296 e. The zero-order chi connectivity index (χ0) is 14.5. The highest BCUT2D eigenvalue weighted by atomic mass is 16.6. The van der Waals surface area contributed by atoms with Crippen LogP contribution in [0.15, 0.2) is 52.3 Å². The Labute approximate surface area is 113 Å². The lowest BCUT2D eigenvalue weighted by atomic mass is 10.2. The van der Waals surface area contributed by atoms with Gasteiger partial charge >= 0.3 is 5.69 Å². The molecule has 1 N–H and O–H groups in total. The van der Waals surface area contributed by atoms with E-state index in [9.17, 15) is 19.7 Å². The van der Waals surface area contributed by atoms with E-state index in [-0.39, 0.29) is 12.1 Å². The first kappa shape index (κ1) is 13.5. The Balaban J connectivity index is 2.39. The van der Waals surface area contributed by atoms with Crippen LogP contribution in [0.2, 0.25) is 0 Å². The van der Waals surface area contributed by atoms with Gasteiger partial charge in [0.2, 0.25) is 6.20 Å². The lowest BCUT2D eigenvalue weighted by molar-refractivity contribution is -0.400. The van der Waals surface area contributed by atoms with E-state index in [0.717, 1.165) is 11.6 Å². The van der Waals surface area contributed by atoms with Crippen molar-refractivity contribution in [2.45, 2.75) is 6.54 Å². The van der Waals surface area contributed by atoms with Gasteiger partial charge in [0, 0.05) is 12.3 Å². The van der Waals surface area contributed by atoms with Gasteiger partial charge in [-0.1, -0.05) is 30.3 Å². The van der Waals surface area contributed by atoms with E-state index in [1.165, 1.54) is 10.8 Å². The molecule has 0 saturated carbocycles. The van der Waals surface area contributed by atoms with Crippen LogP contribution in [0.4, 0.5) is 0 Å². The summed E-state index contributed by atoms with van der Waals surface area (Å²) in [7, 11) is 0. The maximum Gasteiger partial charge on any atom is 0.328 e. The third kappa shape index (κ3) is 3.29. The van der Waals surface area contributed by atoms with E-state index < -0.39 is 16.2 Å². The van der Waals surface area contributed by atoms with E-state index in [1.54, 1.807) is 0 Å². The molecule has 0 fully saturated rings. The number of H-pyrrole nitrogens is 1. The molecule has 0 aliphatic rings. The molecule has 1 aromatic heterocycles. The molecule has 7 heteroatoms. The molecule has 20 heavy (non-hydrogen) atoms. The van der Waals surface area contributed by atoms with Crippen molar-refractivity contribution in [3.8, 4) is 0 Å². The van der Waals surface area contributed by atoms with E-state index in [4.69, 9.17) is 0 Å². The fraction of sp³-hybridized carbons (Fsp3) is 0.0769. The Hall–Kier alpha value is -2.96. The van der Waals surface area contributed by atoms with Crippen molar-refractivity contribution in [1.82, 2.24) is 9.55 Å². The molecule has 1 heterocycles. The molecule has 0 spiro atoms. The first-order valence-electron chi connectivity index (χ1n) is 5.75. The molecule has 0 radical (unpaired) electrons. The second kappa shape index (κ2) is 5.79. The summed E-state index contributed by atoms with van der Waals surface area (Å²) in [5, 5.41) is 10.3. The van der Waals surface area contributed by atoms with Crippen molar-refractivity contribution in [3.05, 3.63) is 84.8 Å². The molecule has 0 unspecified atom stereocenters. The largest absolute Gasteiger partial charge is 0.328 e. The van der Waals surface area contributed by atoms with Crippen LogP contribution >= 0.6 is 0 Å². The molecule has 102 valence electrons. The van der Waals surface area contributed by atoms with Gasteiger partial charge in [0.1, 0.15) is 0 Å². The number of nitrogens with zero attached hydrogens (tertiary/aromatic N) is 2. The van der Waals surface area contributed by atoms with Gasteiger partial charge in [0.05, 0.1) is 17.0 Å². The average Bonchev–Trinajstić information content (AvgIpc) is 2.41. The summed E-state index contributed by atoms with van der Waals surface area (Å²) in [6.45, 7) is 0.274. The molecule has 0 amide bonds. The van der Waals surface area contributed by atoms with E-state index in [1.807, 2.05) is 30.3 Å². The number of benzene rings is 1. The zero-order valence-corrected chi connectivity index (χ0v) is 10.4. The molecule has 0 atom stereocenters. The van der Waals surface area contributed by atoms with Crippen LogP contribution in [0.3, 0.4) is 0 Å². The first-order valence-corrected chi connectivity index (χ1v) is 5.75. The van der Waals surface area contributed by atoms with Crippen LogP contribution in [-0.2, 0) is 6.54 Å². The molecule has 2 aromatic rings. The number of nitro groups is 1. The Morgan fingerprint density at radius 3 is 2.60 bits per heavy atom. The van der Waals surface area contributed by atoms with Gasteiger partial charge in [0.15, 0.2) is 0 Å². The third-order valence-electron chi connectivity index (χ3n) is 2.61. The summed E-state index contributed by atoms with van der Waals surface area (Å²) in [6.07, 6.45) is 3.01. The fourth-order valence-electron chi connectivity index (χ4n) is 1.68. The van der Waals surface area contributed by atoms with E-state index in [2.05, 4.69) is 4.98 Å². The average molecular weight is 273 g/mol. The van der Waals surface area contributed by atoms with Gasteiger partial charge in [-0.15, -0.1) is 0 Å². The van der Waals surface area contributed by atoms with Crippen molar-refractivity contribution >= 4 is 6.08 Å². The van der Waals surface area contributed by atoms with Crippen LogP contribution in [-0.4, -0.2) is 14.5 Å². The topological polar surface area (TPSA) is 98.0 Å². The van der Waals surface area contributed by atoms with Crippen molar-refractivity contribution in [2.24, 2.45) is 0 Å². The number of nitrogens with one attached hydrogen (secondary N) is 1. The van der Waals surface area contributed by atoms with E-state index in [0.29, 0.717) is 6.20 Å². The quantitative estimate of drug-likeness (QED) is 0.659. The van der Waals surface area contributed by atoms with Gasteiger partial charge in [0.25, 0.3) is 5.56 Å². The zero-order valence-electron chi connectivity index (χ0n) is 10.4. The molecule has 0 aliphatic heterocycles. The number of rotatable bonds is 4. The lowest BCUT2D eigenvalue weighted by Crippen LogP contribution is -2.31. The van der Waals surface area contributed by atoms with Gasteiger partial charge < -0.3 is 0 Å². The minimum Gasteiger partial charge on any atom is -0.296 e. The minimum atomic E-state index is -0.675. The van der Waals surface area contributed by atoms with Gasteiger partial charge in [-0.25, -0.2) is 4.79 Å².